The smallest absolute Gasteiger partial charge is 0.319 e. The van der Waals surface area contributed by atoms with Crippen molar-refractivity contribution in [2.75, 3.05) is 29.0 Å². The highest BCUT2D eigenvalue weighted by molar-refractivity contribution is 5.90. The lowest BCUT2D eigenvalue weighted by Gasteiger charge is -2.11. The van der Waals surface area contributed by atoms with Gasteiger partial charge in [0.15, 0.2) is 0 Å². The number of urea groups is 1. The molecule has 1 aromatic heterocycles. The van der Waals surface area contributed by atoms with E-state index in [0.29, 0.717) is 30.5 Å². The molecule has 2 aromatic carbocycles. The van der Waals surface area contributed by atoms with Gasteiger partial charge in [0.05, 0.1) is 0 Å². The van der Waals surface area contributed by atoms with Crippen LogP contribution in [0.5, 0.6) is 0 Å². The van der Waals surface area contributed by atoms with Crippen LogP contribution >= 0.6 is 0 Å². The van der Waals surface area contributed by atoms with Crippen molar-refractivity contribution in [2.24, 2.45) is 0 Å². The highest BCUT2D eigenvalue weighted by Crippen LogP contribution is 2.16. The maximum absolute atomic E-state index is 13.0. The van der Waals surface area contributed by atoms with Crippen LogP contribution in [-0.2, 0) is 0 Å². The molecule has 0 aliphatic heterocycles. The van der Waals surface area contributed by atoms with Gasteiger partial charge in [0.25, 0.3) is 0 Å². The molecule has 0 bridgehead atoms. The van der Waals surface area contributed by atoms with Crippen LogP contribution in [0.15, 0.2) is 54.7 Å². The average molecular weight is 394 g/mol. The topological polar surface area (TPSA) is 91.0 Å². The van der Waals surface area contributed by atoms with Crippen LogP contribution in [0, 0.1) is 19.7 Å². The van der Waals surface area contributed by atoms with E-state index in [9.17, 15) is 9.18 Å². The van der Waals surface area contributed by atoms with Gasteiger partial charge in [-0.05, 0) is 61.4 Å². The van der Waals surface area contributed by atoms with Gasteiger partial charge in [0.2, 0.25) is 5.95 Å². The number of nitrogens with zero attached hydrogens (tertiary/aromatic N) is 2. The first-order valence-corrected chi connectivity index (χ1v) is 9.21. The van der Waals surface area contributed by atoms with E-state index in [1.165, 1.54) is 12.1 Å². The van der Waals surface area contributed by atoms with Crippen molar-refractivity contribution in [1.29, 1.82) is 0 Å². The summed E-state index contributed by atoms with van der Waals surface area (Å²) in [7, 11) is 0. The molecule has 0 fully saturated rings. The molecular formula is C21H23FN6O. The van der Waals surface area contributed by atoms with Crippen LogP contribution in [0.25, 0.3) is 0 Å². The molecule has 0 aliphatic rings. The normalized spacial score (nSPS) is 10.3. The molecule has 3 rings (SSSR count). The van der Waals surface area contributed by atoms with Gasteiger partial charge in [-0.3, -0.25) is 0 Å². The van der Waals surface area contributed by atoms with Crippen molar-refractivity contribution in [1.82, 2.24) is 15.3 Å². The van der Waals surface area contributed by atoms with Crippen molar-refractivity contribution < 1.29 is 9.18 Å². The Morgan fingerprint density at radius 3 is 2.62 bits per heavy atom. The SMILES string of the molecule is Cc1ccc(C)c(NC(=O)NCCNc2ccnc(Nc3ccc(F)cc3)n2)c1. The quantitative estimate of drug-likeness (QED) is 0.451. The summed E-state index contributed by atoms with van der Waals surface area (Å²) < 4.78 is 13.0. The van der Waals surface area contributed by atoms with Gasteiger partial charge in [0.1, 0.15) is 11.6 Å². The van der Waals surface area contributed by atoms with E-state index < -0.39 is 0 Å². The van der Waals surface area contributed by atoms with Crippen molar-refractivity contribution in [2.45, 2.75) is 13.8 Å². The first kappa shape index (κ1) is 20.1. The number of anilines is 4. The highest BCUT2D eigenvalue weighted by atomic mass is 19.1. The zero-order chi connectivity index (χ0) is 20.6. The molecule has 4 N–H and O–H groups in total. The molecule has 150 valence electrons. The van der Waals surface area contributed by atoms with E-state index in [-0.39, 0.29) is 11.8 Å². The maximum atomic E-state index is 13.0. The Hall–Kier alpha value is -3.68. The molecule has 2 amide bonds. The molecule has 0 radical (unpaired) electrons. The molecule has 0 saturated carbocycles. The molecule has 7 nitrogen and oxygen atoms in total. The molecule has 0 atom stereocenters. The van der Waals surface area contributed by atoms with Crippen LogP contribution in [0.2, 0.25) is 0 Å². The number of hydrogen-bond acceptors (Lipinski definition) is 5. The standard InChI is InChI=1S/C21H23FN6O/c1-14-3-4-15(2)18(13-14)27-21(29)25-12-11-23-19-9-10-24-20(28-19)26-17-7-5-16(22)6-8-17/h3-10,13H,11-12H2,1-2H3,(H2,25,27,29)(H2,23,24,26,28). The number of carbonyl (C=O) groups excluding carboxylic acids is 1. The van der Waals surface area contributed by atoms with Crippen LogP contribution in [0.4, 0.5) is 32.3 Å². The number of carbonyl (C=O) groups is 1. The van der Waals surface area contributed by atoms with Gasteiger partial charge < -0.3 is 21.3 Å². The van der Waals surface area contributed by atoms with Crippen LogP contribution in [0.1, 0.15) is 11.1 Å². The minimum Gasteiger partial charge on any atom is -0.368 e. The maximum Gasteiger partial charge on any atom is 0.319 e. The second-order valence-corrected chi connectivity index (χ2v) is 6.52. The summed E-state index contributed by atoms with van der Waals surface area (Å²) in [6.07, 6.45) is 1.61. The Morgan fingerprint density at radius 2 is 1.83 bits per heavy atom. The number of hydrogen-bond donors (Lipinski definition) is 4. The van der Waals surface area contributed by atoms with E-state index in [1.807, 2.05) is 32.0 Å². The Bertz CT molecular complexity index is 977. The summed E-state index contributed by atoms with van der Waals surface area (Å²) in [4.78, 5) is 20.5. The Labute approximate surface area is 168 Å². The number of amides is 2. The van der Waals surface area contributed by atoms with E-state index in [4.69, 9.17) is 0 Å². The Morgan fingerprint density at radius 1 is 1.03 bits per heavy atom. The van der Waals surface area contributed by atoms with Gasteiger partial charge in [-0.1, -0.05) is 12.1 Å². The number of aromatic nitrogens is 2. The molecule has 3 aromatic rings. The molecule has 29 heavy (non-hydrogen) atoms. The van der Waals surface area contributed by atoms with Crippen molar-refractivity contribution in [3.05, 3.63) is 71.7 Å². The van der Waals surface area contributed by atoms with Gasteiger partial charge >= 0.3 is 6.03 Å². The number of benzene rings is 2. The number of rotatable bonds is 7. The van der Waals surface area contributed by atoms with Crippen LogP contribution in [0.3, 0.4) is 0 Å². The second-order valence-electron chi connectivity index (χ2n) is 6.52. The third-order valence-electron chi connectivity index (χ3n) is 4.11. The van der Waals surface area contributed by atoms with E-state index >= 15 is 0 Å². The summed E-state index contributed by atoms with van der Waals surface area (Å²) in [5, 5.41) is 11.8. The first-order valence-electron chi connectivity index (χ1n) is 9.21. The lowest BCUT2D eigenvalue weighted by Crippen LogP contribution is -2.33. The molecule has 0 aliphatic carbocycles. The summed E-state index contributed by atoms with van der Waals surface area (Å²) >= 11 is 0. The molecule has 0 unspecified atom stereocenters. The molecular weight excluding hydrogens is 371 g/mol. The summed E-state index contributed by atoms with van der Waals surface area (Å²) in [5.74, 6) is 0.699. The summed E-state index contributed by atoms with van der Waals surface area (Å²) in [6.45, 7) is 4.84. The van der Waals surface area contributed by atoms with Crippen LogP contribution < -0.4 is 21.3 Å². The Kier molecular flexibility index (Phi) is 6.57. The number of aryl methyl sites for hydroxylation is 2. The molecule has 8 heteroatoms. The van der Waals surface area contributed by atoms with E-state index in [1.54, 1.807) is 24.4 Å². The fourth-order valence-corrected chi connectivity index (χ4v) is 2.58. The third-order valence-corrected chi connectivity index (χ3v) is 4.11. The minimum absolute atomic E-state index is 0.262. The zero-order valence-corrected chi connectivity index (χ0v) is 16.3. The third kappa shape index (κ3) is 6.17. The largest absolute Gasteiger partial charge is 0.368 e. The van der Waals surface area contributed by atoms with Crippen molar-refractivity contribution in [3.8, 4) is 0 Å². The van der Waals surface area contributed by atoms with E-state index in [0.717, 1.165) is 16.8 Å². The highest BCUT2D eigenvalue weighted by Gasteiger charge is 2.05. The number of halogens is 1. The lowest BCUT2D eigenvalue weighted by molar-refractivity contribution is 0.252. The van der Waals surface area contributed by atoms with Crippen molar-refractivity contribution >= 4 is 29.2 Å². The van der Waals surface area contributed by atoms with Gasteiger partial charge in [-0.2, -0.15) is 4.98 Å². The first-order chi connectivity index (χ1) is 14.0. The van der Waals surface area contributed by atoms with Gasteiger partial charge in [-0.25, -0.2) is 14.2 Å². The average Bonchev–Trinajstić information content (AvgIpc) is 2.70. The Balaban J connectivity index is 1.45. The monoisotopic (exact) mass is 394 g/mol. The van der Waals surface area contributed by atoms with Gasteiger partial charge in [-0.15, -0.1) is 0 Å². The zero-order valence-electron chi connectivity index (χ0n) is 16.3. The molecule has 0 spiro atoms. The fraction of sp³-hybridized carbons (Fsp3) is 0.190. The van der Waals surface area contributed by atoms with E-state index in [2.05, 4.69) is 31.2 Å². The summed E-state index contributed by atoms with van der Waals surface area (Å²) in [6, 6.07) is 13.3. The lowest BCUT2D eigenvalue weighted by atomic mass is 10.1. The molecule has 1 heterocycles. The van der Waals surface area contributed by atoms with Gasteiger partial charge in [0, 0.05) is 30.7 Å². The van der Waals surface area contributed by atoms with Crippen LogP contribution in [-0.4, -0.2) is 29.1 Å². The minimum atomic E-state index is -0.305. The van der Waals surface area contributed by atoms with Crippen molar-refractivity contribution in [3.63, 3.8) is 0 Å². The predicted octanol–water partition coefficient (Wildman–Crippen LogP) is 4.21. The second kappa shape index (κ2) is 9.50. The predicted molar refractivity (Wildman–Crippen MR) is 113 cm³/mol. The fourth-order valence-electron chi connectivity index (χ4n) is 2.58. The molecule has 0 saturated heterocycles. The summed E-state index contributed by atoms with van der Waals surface area (Å²) in [5.41, 5.74) is 3.57. The number of nitrogens with one attached hydrogen (secondary N) is 4.